The first-order chi connectivity index (χ1) is 11.8. The van der Waals surface area contributed by atoms with Gasteiger partial charge in [-0.25, -0.2) is 9.97 Å². The minimum absolute atomic E-state index is 0.0266. The van der Waals surface area contributed by atoms with Crippen LogP contribution in [0.3, 0.4) is 0 Å². The highest BCUT2D eigenvalue weighted by Gasteiger charge is 2.44. The SMILES string of the molecule is COCCN1CC[C@]2(COCc3cnc(-c4cccnc4)nc32)C1. The zero-order chi connectivity index (χ0) is 16.4. The number of rotatable bonds is 4. The van der Waals surface area contributed by atoms with Gasteiger partial charge < -0.3 is 9.47 Å². The summed E-state index contributed by atoms with van der Waals surface area (Å²) in [6.07, 6.45) is 6.56. The standard InChI is InChI=1S/C18H22N4O2/c1-23-8-7-22-6-4-18(12-22)13-24-11-15-10-20-17(21-16(15)18)14-3-2-5-19-9-14/h2-3,5,9-10H,4,6-8,11-13H2,1H3/t18-/m1/s1. The fourth-order valence-electron chi connectivity index (χ4n) is 3.71. The van der Waals surface area contributed by atoms with E-state index in [-0.39, 0.29) is 5.41 Å². The zero-order valence-electron chi connectivity index (χ0n) is 13.9. The van der Waals surface area contributed by atoms with Gasteiger partial charge in [0.25, 0.3) is 0 Å². The molecule has 2 aromatic heterocycles. The quantitative estimate of drug-likeness (QED) is 0.851. The predicted octanol–water partition coefficient (Wildman–Crippen LogP) is 1.66. The molecule has 4 rings (SSSR count). The first-order valence-corrected chi connectivity index (χ1v) is 8.37. The van der Waals surface area contributed by atoms with Crippen LogP contribution in [0.15, 0.2) is 30.7 Å². The summed E-state index contributed by atoms with van der Waals surface area (Å²) in [4.78, 5) is 16.1. The predicted molar refractivity (Wildman–Crippen MR) is 89.5 cm³/mol. The Hall–Kier alpha value is -1.89. The average molecular weight is 326 g/mol. The third kappa shape index (κ3) is 2.81. The molecule has 2 aromatic rings. The lowest BCUT2D eigenvalue weighted by molar-refractivity contribution is 0.0492. The zero-order valence-corrected chi connectivity index (χ0v) is 13.9. The fourth-order valence-corrected chi connectivity index (χ4v) is 3.71. The Balaban J connectivity index is 1.67. The maximum Gasteiger partial charge on any atom is 0.160 e. The Morgan fingerprint density at radius 2 is 2.33 bits per heavy atom. The van der Waals surface area contributed by atoms with Crippen molar-refractivity contribution in [2.45, 2.75) is 18.4 Å². The largest absolute Gasteiger partial charge is 0.383 e. The van der Waals surface area contributed by atoms with Gasteiger partial charge in [-0.1, -0.05) is 0 Å². The highest BCUT2D eigenvalue weighted by Crippen LogP contribution is 2.39. The molecule has 24 heavy (non-hydrogen) atoms. The molecule has 0 aromatic carbocycles. The molecule has 126 valence electrons. The second kappa shape index (κ2) is 6.55. The lowest BCUT2D eigenvalue weighted by atomic mass is 9.80. The number of fused-ring (bicyclic) bond motifs is 2. The summed E-state index contributed by atoms with van der Waals surface area (Å²) in [6, 6.07) is 3.92. The number of hydrogen-bond acceptors (Lipinski definition) is 6. The van der Waals surface area contributed by atoms with Crippen molar-refractivity contribution in [3.63, 3.8) is 0 Å². The molecule has 6 nitrogen and oxygen atoms in total. The van der Waals surface area contributed by atoms with E-state index in [0.29, 0.717) is 6.61 Å². The summed E-state index contributed by atoms with van der Waals surface area (Å²) >= 11 is 0. The number of nitrogens with zero attached hydrogens (tertiary/aromatic N) is 4. The van der Waals surface area contributed by atoms with E-state index in [9.17, 15) is 0 Å². The van der Waals surface area contributed by atoms with Crippen LogP contribution in [-0.2, 0) is 21.5 Å². The number of likely N-dealkylation sites (tertiary alicyclic amines) is 1. The minimum Gasteiger partial charge on any atom is -0.383 e. The topological polar surface area (TPSA) is 60.4 Å². The van der Waals surface area contributed by atoms with Gasteiger partial charge in [0.15, 0.2) is 5.82 Å². The lowest BCUT2D eigenvalue weighted by Crippen LogP contribution is -2.41. The molecule has 6 heteroatoms. The number of aromatic nitrogens is 3. The molecule has 0 aliphatic carbocycles. The summed E-state index contributed by atoms with van der Waals surface area (Å²) in [7, 11) is 1.75. The van der Waals surface area contributed by atoms with E-state index < -0.39 is 0 Å². The molecule has 2 aliphatic heterocycles. The van der Waals surface area contributed by atoms with E-state index in [4.69, 9.17) is 14.5 Å². The van der Waals surface area contributed by atoms with E-state index in [2.05, 4.69) is 14.9 Å². The molecule has 0 radical (unpaired) electrons. The summed E-state index contributed by atoms with van der Waals surface area (Å²) in [6.45, 7) is 5.06. The van der Waals surface area contributed by atoms with Crippen LogP contribution in [0.25, 0.3) is 11.4 Å². The maximum atomic E-state index is 5.88. The van der Waals surface area contributed by atoms with Crippen LogP contribution in [-0.4, -0.2) is 59.8 Å². The summed E-state index contributed by atoms with van der Waals surface area (Å²) in [5.74, 6) is 0.749. The Morgan fingerprint density at radius 1 is 1.38 bits per heavy atom. The van der Waals surface area contributed by atoms with Gasteiger partial charge in [0.2, 0.25) is 0 Å². The van der Waals surface area contributed by atoms with Gasteiger partial charge in [-0.05, 0) is 25.1 Å². The first kappa shape index (κ1) is 15.6. The van der Waals surface area contributed by atoms with Gasteiger partial charge in [-0.2, -0.15) is 0 Å². The van der Waals surface area contributed by atoms with Crippen LogP contribution in [0.5, 0.6) is 0 Å². The molecule has 2 aliphatic rings. The smallest absolute Gasteiger partial charge is 0.160 e. The average Bonchev–Trinajstić information content (AvgIpc) is 3.04. The van der Waals surface area contributed by atoms with E-state index in [1.165, 1.54) is 0 Å². The molecule has 1 spiro atoms. The molecule has 1 atom stereocenters. The first-order valence-electron chi connectivity index (χ1n) is 8.37. The van der Waals surface area contributed by atoms with Gasteiger partial charge in [0.05, 0.1) is 30.9 Å². The van der Waals surface area contributed by atoms with Crippen molar-refractivity contribution < 1.29 is 9.47 Å². The van der Waals surface area contributed by atoms with E-state index >= 15 is 0 Å². The molecule has 0 bridgehead atoms. The molecular weight excluding hydrogens is 304 g/mol. The number of hydrogen-bond donors (Lipinski definition) is 0. The number of methoxy groups -OCH3 is 1. The van der Waals surface area contributed by atoms with Crippen molar-refractivity contribution in [2.75, 3.05) is 40.0 Å². The molecule has 0 unspecified atom stereocenters. The number of ether oxygens (including phenoxy) is 2. The molecule has 0 saturated carbocycles. The van der Waals surface area contributed by atoms with Crippen molar-refractivity contribution in [1.82, 2.24) is 19.9 Å². The Bertz CT molecular complexity index is 709. The molecule has 1 saturated heterocycles. The molecule has 1 fully saturated rings. The van der Waals surface area contributed by atoms with Crippen LogP contribution in [0.1, 0.15) is 17.7 Å². The lowest BCUT2D eigenvalue weighted by Gasteiger charge is -2.34. The highest BCUT2D eigenvalue weighted by molar-refractivity contribution is 5.54. The van der Waals surface area contributed by atoms with Gasteiger partial charge in [-0.15, -0.1) is 0 Å². The summed E-state index contributed by atoms with van der Waals surface area (Å²) in [5.41, 5.74) is 3.20. The second-order valence-corrected chi connectivity index (χ2v) is 6.60. The Labute approximate surface area is 141 Å². The third-order valence-corrected chi connectivity index (χ3v) is 4.97. The van der Waals surface area contributed by atoms with Gasteiger partial charge in [-0.3, -0.25) is 9.88 Å². The fraction of sp³-hybridized carbons (Fsp3) is 0.500. The van der Waals surface area contributed by atoms with Crippen LogP contribution in [0, 0.1) is 0 Å². The molecule has 0 N–H and O–H groups in total. The number of pyridine rings is 1. The van der Waals surface area contributed by atoms with Crippen molar-refractivity contribution in [3.05, 3.63) is 42.0 Å². The maximum absolute atomic E-state index is 5.88. The Morgan fingerprint density at radius 3 is 3.17 bits per heavy atom. The van der Waals surface area contributed by atoms with E-state index in [0.717, 1.165) is 61.9 Å². The van der Waals surface area contributed by atoms with Crippen LogP contribution < -0.4 is 0 Å². The molecule has 4 heterocycles. The van der Waals surface area contributed by atoms with Crippen molar-refractivity contribution in [2.24, 2.45) is 0 Å². The summed E-state index contributed by atoms with van der Waals surface area (Å²) in [5, 5.41) is 0. The highest BCUT2D eigenvalue weighted by atomic mass is 16.5. The molecule has 0 amide bonds. The van der Waals surface area contributed by atoms with Crippen molar-refractivity contribution in [1.29, 1.82) is 0 Å². The van der Waals surface area contributed by atoms with Crippen molar-refractivity contribution >= 4 is 0 Å². The second-order valence-electron chi connectivity index (χ2n) is 6.60. The van der Waals surface area contributed by atoms with Crippen LogP contribution >= 0.6 is 0 Å². The normalized spacial score (nSPS) is 23.5. The van der Waals surface area contributed by atoms with Gasteiger partial charge in [0, 0.05) is 49.9 Å². The van der Waals surface area contributed by atoms with Crippen molar-refractivity contribution in [3.8, 4) is 11.4 Å². The van der Waals surface area contributed by atoms with E-state index in [1.54, 1.807) is 13.3 Å². The van der Waals surface area contributed by atoms with E-state index in [1.807, 2.05) is 24.5 Å². The summed E-state index contributed by atoms with van der Waals surface area (Å²) < 4.78 is 11.1. The Kier molecular flexibility index (Phi) is 4.26. The third-order valence-electron chi connectivity index (χ3n) is 4.97. The van der Waals surface area contributed by atoms with Crippen LogP contribution in [0.4, 0.5) is 0 Å². The van der Waals surface area contributed by atoms with Gasteiger partial charge >= 0.3 is 0 Å². The molecular formula is C18H22N4O2. The van der Waals surface area contributed by atoms with Crippen LogP contribution in [0.2, 0.25) is 0 Å². The van der Waals surface area contributed by atoms with Gasteiger partial charge in [0.1, 0.15) is 0 Å². The minimum atomic E-state index is -0.0266. The monoisotopic (exact) mass is 326 g/mol.